The van der Waals surface area contributed by atoms with E-state index in [1.54, 1.807) is 0 Å². The lowest BCUT2D eigenvalue weighted by Gasteiger charge is -2.29. The van der Waals surface area contributed by atoms with Crippen LogP contribution in [-0.2, 0) is 0 Å². The van der Waals surface area contributed by atoms with Crippen LogP contribution >= 0.6 is 0 Å². The van der Waals surface area contributed by atoms with E-state index in [1.165, 1.54) is 6.42 Å². The minimum absolute atomic E-state index is 0.0503. The average molecular weight is 129 g/mol. The average Bonchev–Trinajstić information content (AvgIpc) is 1.86. The molecule has 1 unspecified atom stereocenters. The van der Waals surface area contributed by atoms with E-state index in [0.717, 1.165) is 6.42 Å². The van der Waals surface area contributed by atoms with Gasteiger partial charge in [-0.05, 0) is 19.3 Å². The summed E-state index contributed by atoms with van der Waals surface area (Å²) < 4.78 is 0. The highest BCUT2D eigenvalue weighted by atomic mass is 14.7. The van der Waals surface area contributed by atoms with Crippen LogP contribution in [-0.4, -0.2) is 5.54 Å². The van der Waals surface area contributed by atoms with E-state index in [9.17, 15) is 0 Å². The molecule has 0 saturated carbocycles. The van der Waals surface area contributed by atoms with Gasteiger partial charge in [0.15, 0.2) is 0 Å². The highest BCUT2D eigenvalue weighted by Crippen LogP contribution is 2.19. The Morgan fingerprint density at radius 1 is 1.44 bits per heavy atom. The van der Waals surface area contributed by atoms with Crippen molar-refractivity contribution in [3.63, 3.8) is 0 Å². The van der Waals surface area contributed by atoms with E-state index in [-0.39, 0.29) is 5.54 Å². The van der Waals surface area contributed by atoms with Crippen molar-refractivity contribution in [1.82, 2.24) is 0 Å². The number of rotatable bonds is 3. The molecule has 1 heteroatoms. The van der Waals surface area contributed by atoms with Crippen LogP contribution in [0.3, 0.4) is 0 Å². The van der Waals surface area contributed by atoms with E-state index in [4.69, 9.17) is 5.73 Å². The van der Waals surface area contributed by atoms with Gasteiger partial charge in [-0.25, -0.2) is 0 Å². The van der Waals surface area contributed by atoms with Crippen molar-refractivity contribution in [2.24, 2.45) is 11.7 Å². The van der Waals surface area contributed by atoms with Gasteiger partial charge in [0.1, 0.15) is 0 Å². The number of hydrogen-bond acceptors (Lipinski definition) is 1. The monoisotopic (exact) mass is 129 g/mol. The second kappa shape index (κ2) is 3.21. The number of nitrogens with two attached hydrogens (primary N) is 1. The lowest BCUT2D eigenvalue weighted by atomic mass is 9.84. The molecule has 0 aromatic carbocycles. The van der Waals surface area contributed by atoms with Crippen molar-refractivity contribution in [3.8, 4) is 0 Å². The van der Waals surface area contributed by atoms with Crippen LogP contribution in [0.2, 0.25) is 0 Å². The van der Waals surface area contributed by atoms with Crippen molar-refractivity contribution in [2.45, 2.75) is 46.1 Å². The Labute approximate surface area is 58.6 Å². The molecule has 1 nitrogen and oxygen atoms in total. The fourth-order valence-corrected chi connectivity index (χ4v) is 0.815. The summed E-state index contributed by atoms with van der Waals surface area (Å²) in [5.74, 6) is 0.641. The third kappa shape index (κ3) is 2.35. The summed E-state index contributed by atoms with van der Waals surface area (Å²) in [6, 6.07) is 0. The second-order valence-corrected chi connectivity index (χ2v) is 3.17. The maximum atomic E-state index is 5.97. The van der Waals surface area contributed by atoms with Crippen LogP contribution in [0.25, 0.3) is 0 Å². The zero-order valence-corrected chi connectivity index (χ0v) is 7.07. The minimum atomic E-state index is 0.0503. The second-order valence-electron chi connectivity index (χ2n) is 3.17. The summed E-state index contributed by atoms with van der Waals surface area (Å²) in [6.07, 6.45) is 2.25. The van der Waals surface area contributed by atoms with Gasteiger partial charge < -0.3 is 5.73 Å². The molecule has 9 heavy (non-hydrogen) atoms. The molecule has 0 fully saturated rings. The molecule has 2 N–H and O–H groups in total. The molecule has 0 aliphatic carbocycles. The minimum Gasteiger partial charge on any atom is -0.325 e. The molecular weight excluding hydrogens is 110 g/mol. The molecule has 0 aliphatic heterocycles. The van der Waals surface area contributed by atoms with E-state index >= 15 is 0 Å². The molecule has 0 radical (unpaired) electrons. The van der Waals surface area contributed by atoms with Crippen LogP contribution in [0.1, 0.15) is 40.5 Å². The molecule has 0 aliphatic rings. The van der Waals surface area contributed by atoms with Gasteiger partial charge >= 0.3 is 0 Å². The Morgan fingerprint density at radius 2 is 1.89 bits per heavy atom. The molecule has 0 bridgehead atoms. The van der Waals surface area contributed by atoms with Crippen molar-refractivity contribution < 1.29 is 0 Å². The normalized spacial score (nSPS) is 21.0. The fourth-order valence-electron chi connectivity index (χ4n) is 0.815. The summed E-state index contributed by atoms with van der Waals surface area (Å²) >= 11 is 0. The van der Waals surface area contributed by atoms with Crippen LogP contribution in [0.15, 0.2) is 0 Å². The summed E-state index contributed by atoms with van der Waals surface area (Å²) in [5, 5.41) is 0. The number of hydrogen-bond donors (Lipinski definition) is 1. The van der Waals surface area contributed by atoms with E-state index in [1.807, 2.05) is 0 Å². The van der Waals surface area contributed by atoms with Gasteiger partial charge in [0.05, 0.1) is 0 Å². The van der Waals surface area contributed by atoms with Crippen LogP contribution < -0.4 is 5.73 Å². The third-order valence-electron chi connectivity index (χ3n) is 2.50. The third-order valence-corrected chi connectivity index (χ3v) is 2.50. The predicted octanol–water partition coefficient (Wildman–Crippen LogP) is 2.16. The predicted molar refractivity (Wildman–Crippen MR) is 42.3 cm³/mol. The Morgan fingerprint density at radius 3 is 2.00 bits per heavy atom. The van der Waals surface area contributed by atoms with E-state index in [0.29, 0.717) is 5.92 Å². The van der Waals surface area contributed by atoms with Gasteiger partial charge in [-0.1, -0.05) is 27.2 Å². The summed E-state index contributed by atoms with van der Waals surface area (Å²) in [5.41, 5.74) is 6.02. The van der Waals surface area contributed by atoms with Crippen LogP contribution in [0.5, 0.6) is 0 Å². The van der Waals surface area contributed by atoms with Gasteiger partial charge in [-0.3, -0.25) is 0 Å². The zero-order valence-electron chi connectivity index (χ0n) is 7.07. The van der Waals surface area contributed by atoms with Gasteiger partial charge in [0.2, 0.25) is 0 Å². The topological polar surface area (TPSA) is 26.0 Å². The first-order valence-corrected chi connectivity index (χ1v) is 3.83. The van der Waals surface area contributed by atoms with Crippen LogP contribution in [0.4, 0.5) is 0 Å². The van der Waals surface area contributed by atoms with Crippen molar-refractivity contribution in [3.05, 3.63) is 0 Å². The first-order valence-electron chi connectivity index (χ1n) is 3.83. The van der Waals surface area contributed by atoms with Crippen LogP contribution in [0, 0.1) is 5.92 Å². The van der Waals surface area contributed by atoms with Crippen molar-refractivity contribution in [1.29, 1.82) is 0 Å². The zero-order chi connectivity index (χ0) is 7.49. The first kappa shape index (κ1) is 8.96. The Kier molecular flexibility index (Phi) is 3.20. The highest BCUT2D eigenvalue weighted by molar-refractivity contribution is 4.81. The summed E-state index contributed by atoms with van der Waals surface area (Å²) in [7, 11) is 0. The maximum Gasteiger partial charge on any atom is 0.0148 e. The SMILES string of the molecule is CC[C@@H](C)C(C)(N)CC. The maximum absolute atomic E-state index is 5.97. The van der Waals surface area contributed by atoms with Gasteiger partial charge in [-0.2, -0.15) is 0 Å². The Bertz CT molecular complexity index is 76.6. The molecule has 0 amide bonds. The first-order chi connectivity index (χ1) is 4.04. The van der Waals surface area contributed by atoms with Crippen molar-refractivity contribution in [2.75, 3.05) is 0 Å². The molecule has 0 saturated heterocycles. The smallest absolute Gasteiger partial charge is 0.0148 e. The fraction of sp³-hybridized carbons (Fsp3) is 1.00. The quantitative estimate of drug-likeness (QED) is 0.621. The molecule has 0 rings (SSSR count). The molecule has 0 aromatic heterocycles. The molecule has 0 aromatic rings. The highest BCUT2D eigenvalue weighted by Gasteiger charge is 2.21. The standard InChI is InChI=1S/C8H19N/c1-5-7(3)8(4,9)6-2/h7H,5-6,9H2,1-4H3/t7-,8?/m1/s1. The Balaban J connectivity index is 3.80. The molecule has 0 spiro atoms. The summed E-state index contributed by atoms with van der Waals surface area (Å²) in [6.45, 7) is 8.67. The Hall–Kier alpha value is -0.0400. The van der Waals surface area contributed by atoms with Gasteiger partial charge in [0, 0.05) is 5.54 Å². The molecule has 56 valence electrons. The molecule has 0 heterocycles. The summed E-state index contributed by atoms with van der Waals surface area (Å²) in [4.78, 5) is 0. The van der Waals surface area contributed by atoms with E-state index in [2.05, 4.69) is 27.7 Å². The van der Waals surface area contributed by atoms with Gasteiger partial charge in [-0.15, -0.1) is 0 Å². The van der Waals surface area contributed by atoms with E-state index < -0.39 is 0 Å². The largest absolute Gasteiger partial charge is 0.325 e. The van der Waals surface area contributed by atoms with Gasteiger partial charge in [0.25, 0.3) is 0 Å². The lowest BCUT2D eigenvalue weighted by molar-refractivity contribution is 0.299. The lowest BCUT2D eigenvalue weighted by Crippen LogP contribution is -2.41. The molecular formula is C8H19N. The van der Waals surface area contributed by atoms with Crippen molar-refractivity contribution >= 4 is 0 Å². The molecule has 2 atom stereocenters.